The standard InChI is InChI=1S/C9H13FN2O3S/c1-6(13)5-12-16(14,15)9-3-7(10)2-8(11)4-9/h2-4,6,12-13H,5,11H2,1H3/t6-/m1/s1. The van der Waals surface area contributed by atoms with Crippen molar-refractivity contribution in [3.05, 3.63) is 24.0 Å². The second kappa shape index (κ2) is 4.77. The third-order valence-electron chi connectivity index (χ3n) is 1.77. The maximum absolute atomic E-state index is 12.9. The molecule has 4 N–H and O–H groups in total. The third-order valence-corrected chi connectivity index (χ3v) is 3.18. The summed E-state index contributed by atoms with van der Waals surface area (Å²) in [6.45, 7) is 1.29. The fourth-order valence-electron chi connectivity index (χ4n) is 1.05. The topological polar surface area (TPSA) is 92.4 Å². The molecule has 5 nitrogen and oxygen atoms in total. The maximum atomic E-state index is 12.9. The van der Waals surface area contributed by atoms with E-state index in [0.29, 0.717) is 0 Å². The normalized spacial score (nSPS) is 13.7. The van der Waals surface area contributed by atoms with E-state index in [9.17, 15) is 12.8 Å². The van der Waals surface area contributed by atoms with Crippen LogP contribution in [0.4, 0.5) is 10.1 Å². The van der Waals surface area contributed by atoms with Gasteiger partial charge in [0.05, 0.1) is 11.0 Å². The van der Waals surface area contributed by atoms with Crippen LogP contribution in [-0.4, -0.2) is 26.2 Å². The van der Waals surface area contributed by atoms with Crippen LogP contribution >= 0.6 is 0 Å². The van der Waals surface area contributed by atoms with Gasteiger partial charge >= 0.3 is 0 Å². The van der Waals surface area contributed by atoms with Crippen molar-refractivity contribution in [3.63, 3.8) is 0 Å². The molecule has 1 aromatic rings. The van der Waals surface area contributed by atoms with Gasteiger partial charge in [-0.2, -0.15) is 0 Å². The zero-order valence-corrected chi connectivity index (χ0v) is 9.46. The molecule has 0 aliphatic carbocycles. The molecule has 0 bridgehead atoms. The van der Waals surface area contributed by atoms with E-state index >= 15 is 0 Å². The number of nitrogen functional groups attached to an aromatic ring is 1. The molecule has 0 heterocycles. The lowest BCUT2D eigenvalue weighted by Crippen LogP contribution is -2.30. The van der Waals surface area contributed by atoms with Crippen LogP contribution in [0.2, 0.25) is 0 Å². The van der Waals surface area contributed by atoms with E-state index < -0.39 is 21.9 Å². The largest absolute Gasteiger partial charge is 0.399 e. The molecular weight excluding hydrogens is 235 g/mol. The molecule has 0 fully saturated rings. The van der Waals surface area contributed by atoms with Gasteiger partial charge in [-0.25, -0.2) is 17.5 Å². The first-order valence-electron chi connectivity index (χ1n) is 4.55. The molecule has 7 heteroatoms. The van der Waals surface area contributed by atoms with E-state index in [1.165, 1.54) is 6.92 Å². The van der Waals surface area contributed by atoms with Crippen molar-refractivity contribution in [2.24, 2.45) is 0 Å². The number of sulfonamides is 1. The Labute approximate surface area is 93.1 Å². The zero-order valence-electron chi connectivity index (χ0n) is 8.64. The Kier molecular flexibility index (Phi) is 3.84. The van der Waals surface area contributed by atoms with E-state index in [-0.39, 0.29) is 17.1 Å². The molecule has 1 atom stereocenters. The highest BCUT2D eigenvalue weighted by Crippen LogP contribution is 2.15. The number of benzene rings is 1. The van der Waals surface area contributed by atoms with E-state index in [2.05, 4.69) is 4.72 Å². The van der Waals surface area contributed by atoms with Crippen LogP contribution in [0.1, 0.15) is 6.92 Å². The Morgan fingerprint density at radius 3 is 2.62 bits per heavy atom. The number of aliphatic hydroxyl groups excluding tert-OH is 1. The predicted octanol–water partition coefficient (Wildman–Crippen LogP) is 0.0670. The summed E-state index contributed by atoms with van der Waals surface area (Å²) < 4.78 is 38.3. The Morgan fingerprint density at radius 1 is 1.50 bits per heavy atom. The number of hydrogen-bond acceptors (Lipinski definition) is 4. The van der Waals surface area contributed by atoms with E-state index in [1.54, 1.807) is 0 Å². The van der Waals surface area contributed by atoms with Gasteiger partial charge in [0.1, 0.15) is 5.82 Å². The summed E-state index contributed by atoms with van der Waals surface area (Å²) in [5.74, 6) is -0.725. The van der Waals surface area contributed by atoms with E-state index in [4.69, 9.17) is 10.8 Å². The Balaban J connectivity index is 2.98. The summed E-state index contributed by atoms with van der Waals surface area (Å²) in [6.07, 6.45) is -0.819. The number of nitrogens with two attached hydrogens (primary N) is 1. The second-order valence-electron chi connectivity index (χ2n) is 3.42. The number of nitrogens with one attached hydrogen (secondary N) is 1. The molecule has 0 amide bonds. The van der Waals surface area contributed by atoms with Gasteiger partial charge in [-0.15, -0.1) is 0 Å². The van der Waals surface area contributed by atoms with Gasteiger partial charge in [0, 0.05) is 12.2 Å². The van der Waals surface area contributed by atoms with Crippen LogP contribution in [0.3, 0.4) is 0 Å². The van der Waals surface area contributed by atoms with Gasteiger partial charge < -0.3 is 10.8 Å². The number of rotatable bonds is 4. The minimum atomic E-state index is -3.83. The fourth-order valence-corrected chi connectivity index (χ4v) is 2.24. The molecule has 0 aliphatic rings. The second-order valence-corrected chi connectivity index (χ2v) is 5.19. The lowest BCUT2D eigenvalue weighted by molar-refractivity contribution is 0.198. The molecular formula is C9H13FN2O3S. The number of halogens is 1. The van der Waals surface area contributed by atoms with Crippen molar-refractivity contribution in [3.8, 4) is 0 Å². The number of aliphatic hydroxyl groups is 1. The Hall–Kier alpha value is -1.18. The summed E-state index contributed by atoms with van der Waals surface area (Å²) in [5.41, 5.74) is 5.36. The first-order valence-corrected chi connectivity index (χ1v) is 6.03. The van der Waals surface area contributed by atoms with Crippen LogP contribution in [0.25, 0.3) is 0 Å². The molecule has 1 rings (SSSR count). The van der Waals surface area contributed by atoms with E-state index in [1.807, 2.05) is 0 Å². The van der Waals surface area contributed by atoms with Gasteiger partial charge in [-0.1, -0.05) is 0 Å². The van der Waals surface area contributed by atoms with Crippen molar-refractivity contribution in [1.29, 1.82) is 0 Å². The van der Waals surface area contributed by atoms with Crippen molar-refractivity contribution in [2.75, 3.05) is 12.3 Å². The molecule has 0 aliphatic heterocycles. The van der Waals surface area contributed by atoms with Crippen LogP contribution < -0.4 is 10.5 Å². The summed E-state index contributed by atoms with van der Waals surface area (Å²) in [7, 11) is -3.83. The monoisotopic (exact) mass is 248 g/mol. The van der Waals surface area contributed by atoms with Crippen molar-refractivity contribution in [2.45, 2.75) is 17.9 Å². The van der Waals surface area contributed by atoms with Crippen LogP contribution in [0.15, 0.2) is 23.1 Å². The lowest BCUT2D eigenvalue weighted by Gasteiger charge is -2.08. The Bertz CT molecular complexity index is 453. The summed E-state index contributed by atoms with van der Waals surface area (Å²) in [4.78, 5) is -0.259. The molecule has 0 saturated heterocycles. The smallest absolute Gasteiger partial charge is 0.240 e. The number of hydrogen-bond donors (Lipinski definition) is 3. The minimum Gasteiger partial charge on any atom is -0.399 e. The average molecular weight is 248 g/mol. The maximum Gasteiger partial charge on any atom is 0.240 e. The highest BCUT2D eigenvalue weighted by molar-refractivity contribution is 7.89. The van der Waals surface area contributed by atoms with Gasteiger partial charge in [0.25, 0.3) is 0 Å². The summed E-state index contributed by atoms with van der Waals surface area (Å²) >= 11 is 0. The zero-order chi connectivity index (χ0) is 12.3. The van der Waals surface area contributed by atoms with Crippen LogP contribution in [0.5, 0.6) is 0 Å². The van der Waals surface area contributed by atoms with Gasteiger partial charge in [0.15, 0.2) is 0 Å². The lowest BCUT2D eigenvalue weighted by atomic mass is 10.3. The average Bonchev–Trinajstić information content (AvgIpc) is 2.13. The minimum absolute atomic E-state index is 0.0254. The first kappa shape index (κ1) is 12.9. The van der Waals surface area contributed by atoms with Crippen molar-refractivity contribution >= 4 is 15.7 Å². The fraction of sp³-hybridized carbons (Fsp3) is 0.333. The SMILES string of the molecule is C[C@@H](O)CNS(=O)(=O)c1cc(N)cc(F)c1. The Morgan fingerprint density at radius 2 is 2.12 bits per heavy atom. The molecule has 16 heavy (non-hydrogen) atoms. The molecule has 0 radical (unpaired) electrons. The van der Waals surface area contributed by atoms with Gasteiger partial charge in [0.2, 0.25) is 10.0 Å². The van der Waals surface area contributed by atoms with Crippen molar-refractivity contribution < 1.29 is 17.9 Å². The van der Waals surface area contributed by atoms with Gasteiger partial charge in [-0.3, -0.25) is 0 Å². The first-order chi connectivity index (χ1) is 7.31. The van der Waals surface area contributed by atoms with Crippen molar-refractivity contribution in [1.82, 2.24) is 4.72 Å². The number of anilines is 1. The summed E-state index contributed by atoms with van der Waals surface area (Å²) in [6, 6.07) is 3.03. The third kappa shape index (κ3) is 3.44. The molecule has 0 saturated carbocycles. The highest BCUT2D eigenvalue weighted by Gasteiger charge is 2.15. The van der Waals surface area contributed by atoms with Crippen LogP contribution in [-0.2, 0) is 10.0 Å². The van der Waals surface area contributed by atoms with Gasteiger partial charge in [-0.05, 0) is 25.1 Å². The molecule has 0 unspecified atom stereocenters. The molecule has 1 aromatic carbocycles. The molecule has 0 aromatic heterocycles. The summed E-state index contributed by atoms with van der Waals surface area (Å²) in [5, 5.41) is 8.95. The molecule has 0 spiro atoms. The quantitative estimate of drug-likeness (QED) is 0.657. The molecule has 90 valence electrons. The predicted molar refractivity (Wildman–Crippen MR) is 57.7 cm³/mol. The highest BCUT2D eigenvalue weighted by atomic mass is 32.2. The van der Waals surface area contributed by atoms with E-state index in [0.717, 1.165) is 18.2 Å². The van der Waals surface area contributed by atoms with Crippen LogP contribution in [0, 0.1) is 5.82 Å².